The molecule has 2 aliphatic carbocycles. The lowest BCUT2D eigenvalue weighted by molar-refractivity contribution is 0.223. The molecule has 1 fully saturated rings. The van der Waals surface area contributed by atoms with Crippen LogP contribution >= 0.6 is 0 Å². The van der Waals surface area contributed by atoms with E-state index in [1.807, 2.05) is 18.2 Å². The number of hydrogen-bond acceptors (Lipinski definition) is 1. The van der Waals surface area contributed by atoms with Gasteiger partial charge in [0.1, 0.15) is 0 Å². The maximum atomic E-state index is 9.73. The zero-order chi connectivity index (χ0) is 8.89. The summed E-state index contributed by atoms with van der Waals surface area (Å²) in [6.07, 6.45) is 6.21. The summed E-state index contributed by atoms with van der Waals surface area (Å²) in [6, 6.07) is 8.24. The first-order valence-electron chi connectivity index (χ1n) is 4.79. The molecule has 0 aliphatic heterocycles. The maximum absolute atomic E-state index is 9.73. The highest BCUT2D eigenvalue weighted by Gasteiger charge is 2.45. The Morgan fingerprint density at radius 1 is 1.23 bits per heavy atom. The van der Waals surface area contributed by atoms with Crippen molar-refractivity contribution in [3.63, 3.8) is 0 Å². The van der Waals surface area contributed by atoms with Crippen molar-refractivity contribution in [3.8, 4) is 0 Å². The predicted octanol–water partition coefficient (Wildman–Crippen LogP) is 2.32. The van der Waals surface area contributed by atoms with E-state index in [-0.39, 0.29) is 6.10 Å². The molecule has 1 nitrogen and oxygen atoms in total. The van der Waals surface area contributed by atoms with E-state index in [9.17, 15) is 5.11 Å². The summed E-state index contributed by atoms with van der Waals surface area (Å²) >= 11 is 0. The molecule has 1 spiro atoms. The van der Waals surface area contributed by atoms with Crippen molar-refractivity contribution in [3.05, 3.63) is 47.5 Å². The van der Waals surface area contributed by atoms with Gasteiger partial charge < -0.3 is 5.11 Å². The van der Waals surface area contributed by atoms with E-state index < -0.39 is 0 Å². The molecule has 1 atom stereocenters. The van der Waals surface area contributed by atoms with Crippen LogP contribution < -0.4 is 0 Å². The molecule has 1 aromatic rings. The van der Waals surface area contributed by atoms with E-state index in [0.717, 1.165) is 5.56 Å². The summed E-state index contributed by atoms with van der Waals surface area (Å²) in [5, 5.41) is 9.73. The smallest absolute Gasteiger partial charge is 0.0975 e. The number of fused-ring (bicyclic) bond motifs is 2. The lowest BCUT2D eigenvalue weighted by Gasteiger charge is -2.23. The van der Waals surface area contributed by atoms with E-state index in [4.69, 9.17) is 0 Å². The molecule has 0 saturated heterocycles. The zero-order valence-electron chi connectivity index (χ0n) is 7.40. The third kappa shape index (κ3) is 0.909. The van der Waals surface area contributed by atoms with Crippen molar-refractivity contribution in [1.82, 2.24) is 0 Å². The summed E-state index contributed by atoms with van der Waals surface area (Å²) in [6.45, 7) is 0. The number of aliphatic hydroxyl groups excluding tert-OH is 1. The summed E-state index contributed by atoms with van der Waals surface area (Å²) in [7, 11) is 0. The van der Waals surface area contributed by atoms with Gasteiger partial charge >= 0.3 is 0 Å². The molecule has 1 unspecified atom stereocenters. The van der Waals surface area contributed by atoms with Crippen LogP contribution in [0.1, 0.15) is 30.1 Å². The Hall–Kier alpha value is -1.08. The number of aliphatic hydroxyl groups is 1. The minimum atomic E-state index is -0.387. The lowest BCUT2D eigenvalue weighted by Crippen LogP contribution is -2.13. The second-order valence-electron chi connectivity index (χ2n) is 4.05. The Morgan fingerprint density at radius 3 is 2.77 bits per heavy atom. The third-order valence-corrected chi connectivity index (χ3v) is 3.20. The second-order valence-corrected chi connectivity index (χ2v) is 4.05. The molecule has 0 radical (unpaired) electrons. The first kappa shape index (κ1) is 7.34. The number of benzene rings is 1. The Morgan fingerprint density at radius 2 is 2.00 bits per heavy atom. The van der Waals surface area contributed by atoms with Gasteiger partial charge in [0.05, 0.1) is 6.10 Å². The minimum absolute atomic E-state index is 0.301. The van der Waals surface area contributed by atoms with Gasteiger partial charge in [-0.05, 0) is 24.0 Å². The first-order chi connectivity index (χ1) is 6.32. The molecule has 66 valence electrons. The van der Waals surface area contributed by atoms with Crippen LogP contribution in [0.25, 0.3) is 0 Å². The van der Waals surface area contributed by atoms with Gasteiger partial charge in [0, 0.05) is 5.41 Å². The van der Waals surface area contributed by atoms with Crippen LogP contribution in [0.5, 0.6) is 0 Å². The Kier molecular flexibility index (Phi) is 1.26. The van der Waals surface area contributed by atoms with Crippen molar-refractivity contribution < 1.29 is 5.11 Å². The average molecular weight is 172 g/mol. The van der Waals surface area contributed by atoms with Crippen LogP contribution in [0.2, 0.25) is 0 Å². The highest BCUT2D eigenvalue weighted by Crippen LogP contribution is 2.53. The lowest BCUT2D eigenvalue weighted by atomic mass is 9.84. The molecular formula is C12H12O. The van der Waals surface area contributed by atoms with E-state index in [1.54, 1.807) is 0 Å². The molecule has 1 heteroatoms. The third-order valence-electron chi connectivity index (χ3n) is 3.20. The SMILES string of the molecule is OC1C=CC2(CC2)c2ccccc21. The van der Waals surface area contributed by atoms with Gasteiger partial charge in [-0.1, -0.05) is 36.4 Å². The maximum Gasteiger partial charge on any atom is 0.0975 e. The van der Waals surface area contributed by atoms with Crippen molar-refractivity contribution in [1.29, 1.82) is 0 Å². The largest absolute Gasteiger partial charge is 0.384 e. The fraction of sp³-hybridized carbons (Fsp3) is 0.333. The van der Waals surface area contributed by atoms with Gasteiger partial charge in [0.25, 0.3) is 0 Å². The predicted molar refractivity (Wildman–Crippen MR) is 51.5 cm³/mol. The van der Waals surface area contributed by atoms with Crippen LogP contribution in [-0.4, -0.2) is 5.11 Å². The van der Waals surface area contributed by atoms with Gasteiger partial charge in [-0.25, -0.2) is 0 Å². The zero-order valence-corrected chi connectivity index (χ0v) is 7.40. The number of rotatable bonds is 0. The van der Waals surface area contributed by atoms with Crippen LogP contribution in [0.3, 0.4) is 0 Å². The van der Waals surface area contributed by atoms with Crippen LogP contribution in [-0.2, 0) is 5.41 Å². The molecule has 0 aromatic heterocycles. The Balaban J connectivity index is 2.22. The van der Waals surface area contributed by atoms with E-state index in [1.165, 1.54) is 18.4 Å². The van der Waals surface area contributed by atoms with Crippen molar-refractivity contribution >= 4 is 0 Å². The van der Waals surface area contributed by atoms with E-state index >= 15 is 0 Å². The summed E-state index contributed by atoms with van der Waals surface area (Å²) in [4.78, 5) is 0. The number of allylic oxidation sites excluding steroid dienone is 1. The molecule has 0 heterocycles. The van der Waals surface area contributed by atoms with Crippen molar-refractivity contribution in [2.75, 3.05) is 0 Å². The highest BCUT2D eigenvalue weighted by molar-refractivity contribution is 5.48. The minimum Gasteiger partial charge on any atom is -0.384 e. The number of hydrogen-bond donors (Lipinski definition) is 1. The van der Waals surface area contributed by atoms with Crippen LogP contribution in [0, 0.1) is 0 Å². The molecule has 1 saturated carbocycles. The van der Waals surface area contributed by atoms with Crippen molar-refractivity contribution in [2.45, 2.75) is 24.4 Å². The quantitative estimate of drug-likeness (QED) is 0.595. The second kappa shape index (κ2) is 2.24. The summed E-state index contributed by atoms with van der Waals surface area (Å²) < 4.78 is 0. The molecule has 0 amide bonds. The van der Waals surface area contributed by atoms with Gasteiger partial charge in [0.2, 0.25) is 0 Å². The average Bonchev–Trinajstić information content (AvgIpc) is 2.94. The topological polar surface area (TPSA) is 20.2 Å². The molecule has 3 rings (SSSR count). The fourth-order valence-corrected chi connectivity index (χ4v) is 2.25. The Labute approximate surface area is 77.7 Å². The molecule has 0 bridgehead atoms. The van der Waals surface area contributed by atoms with Crippen LogP contribution in [0.4, 0.5) is 0 Å². The van der Waals surface area contributed by atoms with E-state index in [0.29, 0.717) is 5.41 Å². The molecule has 1 aromatic carbocycles. The summed E-state index contributed by atoms with van der Waals surface area (Å²) in [5.74, 6) is 0. The van der Waals surface area contributed by atoms with Gasteiger partial charge in [0.15, 0.2) is 0 Å². The molecule has 2 aliphatic rings. The van der Waals surface area contributed by atoms with Crippen LogP contribution in [0.15, 0.2) is 36.4 Å². The Bertz CT molecular complexity index is 374. The first-order valence-corrected chi connectivity index (χ1v) is 4.79. The standard InChI is InChI=1S/C12H12O/c13-11-5-6-12(7-8-12)10-4-2-1-3-9(10)11/h1-6,11,13H,7-8H2. The fourth-order valence-electron chi connectivity index (χ4n) is 2.25. The molecule has 13 heavy (non-hydrogen) atoms. The molecule has 1 N–H and O–H groups in total. The van der Waals surface area contributed by atoms with E-state index in [2.05, 4.69) is 18.2 Å². The van der Waals surface area contributed by atoms with Gasteiger partial charge in [-0.2, -0.15) is 0 Å². The highest BCUT2D eigenvalue weighted by atomic mass is 16.3. The van der Waals surface area contributed by atoms with Gasteiger partial charge in [-0.3, -0.25) is 0 Å². The normalized spacial score (nSPS) is 27.3. The van der Waals surface area contributed by atoms with Crippen molar-refractivity contribution in [2.24, 2.45) is 0 Å². The van der Waals surface area contributed by atoms with Gasteiger partial charge in [-0.15, -0.1) is 0 Å². The monoisotopic (exact) mass is 172 g/mol. The summed E-state index contributed by atoms with van der Waals surface area (Å²) in [5.41, 5.74) is 2.74. The molecular weight excluding hydrogens is 160 g/mol.